The Morgan fingerprint density at radius 2 is 1.96 bits per heavy atom. The van der Waals surface area contributed by atoms with Gasteiger partial charge in [-0.15, -0.1) is 0 Å². The number of phenolic OH excluding ortho intramolecular Hbond substituents is 2. The predicted octanol–water partition coefficient (Wildman–Crippen LogP) is 2.30. The molecule has 144 valence electrons. The molecule has 1 aliphatic heterocycles. The summed E-state index contributed by atoms with van der Waals surface area (Å²) < 4.78 is 0. The SMILES string of the molecule is Cc1cc(O)cc(O)c1CN1CCc2nc(-c3ccc(N)cc3)[nH]c(=O)c2C1. The number of nitrogens with two attached hydrogens (primary N) is 1. The van der Waals surface area contributed by atoms with Crippen molar-refractivity contribution in [2.45, 2.75) is 26.4 Å². The Bertz CT molecular complexity index is 1070. The molecule has 0 saturated heterocycles. The van der Waals surface area contributed by atoms with Gasteiger partial charge in [0.25, 0.3) is 5.56 Å². The van der Waals surface area contributed by atoms with Crippen LogP contribution in [0.2, 0.25) is 0 Å². The molecule has 0 spiro atoms. The molecule has 0 amide bonds. The van der Waals surface area contributed by atoms with E-state index in [1.54, 1.807) is 18.2 Å². The molecule has 3 aromatic rings. The number of benzene rings is 2. The number of rotatable bonds is 3. The molecule has 0 bridgehead atoms. The van der Waals surface area contributed by atoms with E-state index >= 15 is 0 Å². The van der Waals surface area contributed by atoms with E-state index in [1.807, 2.05) is 19.1 Å². The fourth-order valence-electron chi connectivity index (χ4n) is 3.60. The van der Waals surface area contributed by atoms with Gasteiger partial charge in [0.1, 0.15) is 17.3 Å². The maximum Gasteiger partial charge on any atom is 0.255 e. The lowest BCUT2D eigenvalue weighted by atomic mass is 10.0. The molecule has 28 heavy (non-hydrogen) atoms. The molecule has 0 atom stereocenters. The lowest BCUT2D eigenvalue weighted by Crippen LogP contribution is -2.35. The molecule has 2 aromatic carbocycles. The number of hydrogen-bond acceptors (Lipinski definition) is 6. The molecule has 0 fully saturated rings. The molecule has 4 rings (SSSR count). The van der Waals surface area contributed by atoms with E-state index in [-0.39, 0.29) is 17.1 Å². The Morgan fingerprint density at radius 3 is 2.68 bits per heavy atom. The van der Waals surface area contributed by atoms with E-state index in [0.717, 1.165) is 28.9 Å². The van der Waals surface area contributed by atoms with Crippen LogP contribution in [0, 0.1) is 6.92 Å². The van der Waals surface area contributed by atoms with Gasteiger partial charge in [-0.25, -0.2) is 4.98 Å². The van der Waals surface area contributed by atoms with E-state index in [2.05, 4.69) is 14.9 Å². The van der Waals surface area contributed by atoms with Crippen LogP contribution in [-0.4, -0.2) is 31.6 Å². The average Bonchev–Trinajstić information content (AvgIpc) is 2.65. The highest BCUT2D eigenvalue weighted by Crippen LogP contribution is 2.29. The summed E-state index contributed by atoms with van der Waals surface area (Å²) in [6.07, 6.45) is 0.652. The van der Waals surface area contributed by atoms with Crippen LogP contribution in [0.4, 0.5) is 5.69 Å². The van der Waals surface area contributed by atoms with Crippen LogP contribution in [0.3, 0.4) is 0 Å². The van der Waals surface area contributed by atoms with E-state index in [4.69, 9.17) is 5.73 Å². The Hall–Kier alpha value is -3.32. The summed E-state index contributed by atoms with van der Waals surface area (Å²) in [4.78, 5) is 22.3. The topological polar surface area (TPSA) is 115 Å². The number of hydrogen-bond donors (Lipinski definition) is 4. The number of phenols is 2. The van der Waals surface area contributed by atoms with Crippen molar-refractivity contribution in [1.82, 2.24) is 14.9 Å². The first-order chi connectivity index (χ1) is 13.4. The van der Waals surface area contributed by atoms with Gasteiger partial charge in [0.2, 0.25) is 0 Å². The molecule has 2 heterocycles. The average molecular weight is 378 g/mol. The highest BCUT2D eigenvalue weighted by atomic mass is 16.3. The minimum Gasteiger partial charge on any atom is -0.508 e. The number of fused-ring (bicyclic) bond motifs is 1. The third-order valence-electron chi connectivity index (χ3n) is 5.15. The first-order valence-electron chi connectivity index (χ1n) is 9.12. The molecule has 5 N–H and O–H groups in total. The maximum absolute atomic E-state index is 12.7. The molecule has 0 unspecified atom stereocenters. The Kier molecular flexibility index (Phi) is 4.52. The summed E-state index contributed by atoms with van der Waals surface area (Å²) in [7, 11) is 0. The fourth-order valence-corrected chi connectivity index (χ4v) is 3.60. The summed E-state index contributed by atoms with van der Waals surface area (Å²) in [6.45, 7) is 3.53. The molecule has 0 radical (unpaired) electrons. The van der Waals surface area contributed by atoms with Crippen molar-refractivity contribution in [2.75, 3.05) is 12.3 Å². The van der Waals surface area contributed by atoms with Crippen LogP contribution < -0.4 is 11.3 Å². The predicted molar refractivity (Wildman–Crippen MR) is 107 cm³/mol. The summed E-state index contributed by atoms with van der Waals surface area (Å²) >= 11 is 0. The van der Waals surface area contributed by atoms with Crippen molar-refractivity contribution in [1.29, 1.82) is 0 Å². The summed E-state index contributed by atoms with van der Waals surface area (Å²) in [5.74, 6) is 0.650. The number of aromatic nitrogens is 2. The molecular formula is C21H22N4O3. The number of H-pyrrole nitrogens is 1. The number of nitrogens with one attached hydrogen (secondary N) is 1. The van der Waals surface area contributed by atoms with Crippen LogP contribution in [0.15, 0.2) is 41.2 Å². The Balaban J connectivity index is 1.60. The third kappa shape index (κ3) is 3.44. The number of anilines is 1. The third-order valence-corrected chi connectivity index (χ3v) is 5.15. The van der Waals surface area contributed by atoms with Crippen molar-refractivity contribution in [3.63, 3.8) is 0 Å². The zero-order chi connectivity index (χ0) is 19.8. The van der Waals surface area contributed by atoms with E-state index in [0.29, 0.717) is 36.6 Å². The van der Waals surface area contributed by atoms with Crippen molar-refractivity contribution < 1.29 is 10.2 Å². The second kappa shape index (κ2) is 7.01. The normalized spacial score (nSPS) is 14.0. The largest absolute Gasteiger partial charge is 0.508 e. The standard InChI is InChI=1S/C21H22N4O3/c1-12-8-15(26)9-19(27)16(12)10-25-7-6-18-17(11-25)21(28)24-20(23-18)13-2-4-14(22)5-3-13/h2-5,8-9,26-27H,6-7,10-11,22H2,1H3,(H,23,24,28). The van der Waals surface area contributed by atoms with E-state index < -0.39 is 0 Å². The minimum absolute atomic E-state index is 0.0404. The van der Waals surface area contributed by atoms with Gasteiger partial charge in [0, 0.05) is 48.9 Å². The number of nitrogens with zero attached hydrogens (tertiary/aromatic N) is 2. The molecule has 1 aromatic heterocycles. The Labute approximate surface area is 162 Å². The highest BCUT2D eigenvalue weighted by Gasteiger charge is 2.23. The number of aromatic hydroxyl groups is 2. The number of aryl methyl sites for hydroxylation is 1. The van der Waals surface area contributed by atoms with Crippen LogP contribution in [-0.2, 0) is 19.5 Å². The van der Waals surface area contributed by atoms with Crippen molar-refractivity contribution >= 4 is 5.69 Å². The monoisotopic (exact) mass is 378 g/mol. The van der Waals surface area contributed by atoms with Crippen LogP contribution in [0.5, 0.6) is 11.5 Å². The van der Waals surface area contributed by atoms with Crippen LogP contribution in [0.1, 0.15) is 22.4 Å². The van der Waals surface area contributed by atoms with Gasteiger partial charge in [-0.3, -0.25) is 9.69 Å². The molecule has 7 heteroatoms. The van der Waals surface area contributed by atoms with Gasteiger partial charge < -0.3 is 20.9 Å². The van der Waals surface area contributed by atoms with Crippen LogP contribution in [0.25, 0.3) is 11.4 Å². The van der Waals surface area contributed by atoms with Crippen molar-refractivity contribution in [3.05, 3.63) is 69.1 Å². The molecule has 1 aliphatic rings. The lowest BCUT2D eigenvalue weighted by Gasteiger charge is -2.28. The van der Waals surface area contributed by atoms with E-state index in [1.165, 1.54) is 6.07 Å². The molecule has 0 aliphatic carbocycles. The molecule has 7 nitrogen and oxygen atoms in total. The summed E-state index contributed by atoms with van der Waals surface area (Å²) in [5, 5.41) is 19.8. The quantitative estimate of drug-likeness (QED) is 0.520. The van der Waals surface area contributed by atoms with Crippen molar-refractivity contribution in [2.24, 2.45) is 0 Å². The first kappa shape index (κ1) is 18.1. The van der Waals surface area contributed by atoms with Gasteiger partial charge in [0.05, 0.1) is 11.3 Å². The van der Waals surface area contributed by atoms with Gasteiger partial charge in [0.15, 0.2) is 0 Å². The fraction of sp³-hybridized carbons (Fsp3) is 0.238. The lowest BCUT2D eigenvalue weighted by molar-refractivity contribution is 0.238. The number of aromatic amines is 1. The maximum atomic E-state index is 12.7. The van der Waals surface area contributed by atoms with Gasteiger partial charge in [-0.1, -0.05) is 0 Å². The number of nitrogen functional groups attached to an aromatic ring is 1. The van der Waals surface area contributed by atoms with Gasteiger partial charge in [-0.05, 0) is 42.8 Å². The molecular weight excluding hydrogens is 356 g/mol. The minimum atomic E-state index is -0.145. The second-order valence-corrected chi connectivity index (χ2v) is 7.18. The van der Waals surface area contributed by atoms with Crippen molar-refractivity contribution in [3.8, 4) is 22.9 Å². The highest BCUT2D eigenvalue weighted by molar-refractivity contribution is 5.58. The molecule has 0 saturated carbocycles. The summed E-state index contributed by atoms with van der Waals surface area (Å²) in [5.41, 5.74) is 10.1. The zero-order valence-electron chi connectivity index (χ0n) is 15.6. The van der Waals surface area contributed by atoms with Gasteiger partial charge in [-0.2, -0.15) is 0 Å². The Morgan fingerprint density at radius 1 is 1.21 bits per heavy atom. The first-order valence-corrected chi connectivity index (χ1v) is 9.12. The van der Waals surface area contributed by atoms with Crippen LogP contribution >= 0.6 is 0 Å². The van der Waals surface area contributed by atoms with E-state index in [9.17, 15) is 15.0 Å². The smallest absolute Gasteiger partial charge is 0.255 e. The van der Waals surface area contributed by atoms with Gasteiger partial charge >= 0.3 is 0 Å². The second-order valence-electron chi connectivity index (χ2n) is 7.18. The zero-order valence-corrected chi connectivity index (χ0v) is 15.6. The summed E-state index contributed by atoms with van der Waals surface area (Å²) in [6, 6.07) is 10.2.